The zero-order chi connectivity index (χ0) is 24.0. The van der Waals surface area contributed by atoms with Crippen molar-refractivity contribution in [3.8, 4) is 0 Å². The van der Waals surface area contributed by atoms with E-state index in [9.17, 15) is 31.5 Å². The molecule has 172 valence electrons. The summed E-state index contributed by atoms with van der Waals surface area (Å²) in [6, 6.07) is 4.41. The zero-order valence-electron chi connectivity index (χ0n) is 17.3. The molecule has 0 saturated carbocycles. The number of hydrogen-bond acceptors (Lipinski definition) is 4. The maximum atomic E-state index is 14.2. The summed E-state index contributed by atoms with van der Waals surface area (Å²) in [5.74, 6) is -6.76. The van der Waals surface area contributed by atoms with Crippen LogP contribution >= 0.6 is 0 Å². The van der Waals surface area contributed by atoms with E-state index in [2.05, 4.69) is 10.3 Å². The molecule has 0 aliphatic carbocycles. The lowest BCUT2D eigenvalue weighted by Crippen LogP contribution is -2.47. The second kappa shape index (κ2) is 8.12. The highest BCUT2D eigenvalue weighted by atomic mass is 19.4. The van der Waals surface area contributed by atoms with Gasteiger partial charge in [-0.3, -0.25) is 14.6 Å². The van der Waals surface area contributed by atoms with Crippen LogP contribution in [0.25, 0.3) is 0 Å². The number of carbonyl (C=O) groups excluding carboxylic acids is 2. The highest BCUT2D eigenvalue weighted by molar-refractivity contribution is 5.97. The Morgan fingerprint density at radius 1 is 1.22 bits per heavy atom. The number of carbonyl (C=O) groups is 2. The molecule has 11 heteroatoms. The van der Waals surface area contributed by atoms with Crippen LogP contribution in [0.1, 0.15) is 41.4 Å². The van der Waals surface area contributed by atoms with E-state index in [1.165, 1.54) is 26.1 Å². The molecular weight excluding hydrogens is 437 g/mol. The first-order valence-electron chi connectivity index (χ1n) is 9.53. The molecule has 2 aromatic rings. The minimum atomic E-state index is -4.85. The van der Waals surface area contributed by atoms with Crippen molar-refractivity contribution in [2.75, 3.05) is 5.32 Å². The number of primary amides is 1. The quantitative estimate of drug-likeness (QED) is 0.682. The predicted octanol–water partition coefficient (Wildman–Crippen LogP) is 3.85. The van der Waals surface area contributed by atoms with Crippen molar-refractivity contribution < 1.29 is 36.3 Å². The number of alkyl halides is 3. The van der Waals surface area contributed by atoms with Gasteiger partial charge in [0.2, 0.25) is 0 Å². The van der Waals surface area contributed by atoms with Gasteiger partial charge in [0, 0.05) is 23.7 Å². The largest absolute Gasteiger partial charge is 0.417 e. The molecule has 3 N–H and O–H groups in total. The van der Waals surface area contributed by atoms with Gasteiger partial charge in [-0.2, -0.15) is 13.2 Å². The maximum absolute atomic E-state index is 14.2. The molecule has 4 atom stereocenters. The van der Waals surface area contributed by atoms with Crippen LogP contribution in [-0.2, 0) is 9.53 Å². The third-order valence-electron chi connectivity index (χ3n) is 5.95. The van der Waals surface area contributed by atoms with E-state index in [1.54, 1.807) is 0 Å². The summed E-state index contributed by atoms with van der Waals surface area (Å²) in [5, 5.41) is 2.39. The van der Waals surface area contributed by atoms with Gasteiger partial charge in [0.25, 0.3) is 11.8 Å². The average molecular weight is 457 g/mol. The van der Waals surface area contributed by atoms with E-state index in [0.717, 1.165) is 25.1 Å². The molecule has 0 spiro atoms. The number of anilines is 1. The van der Waals surface area contributed by atoms with Crippen molar-refractivity contribution in [1.29, 1.82) is 0 Å². The van der Waals surface area contributed by atoms with Crippen LogP contribution in [0.5, 0.6) is 0 Å². The number of ether oxygens (including phenoxy) is 1. The normalized spacial score (nSPS) is 25.6. The fourth-order valence-electron chi connectivity index (χ4n) is 3.91. The molecule has 0 radical (unpaired) electrons. The van der Waals surface area contributed by atoms with Crippen LogP contribution in [0.4, 0.5) is 27.6 Å². The standard InChI is InChI=1S/C21H20F5N3O3/c1-9-12(4-5-13(22)16(9)23)15-10(2)20(3,21(24,25)26)32-17(15)19(31)29-11-6-7-28-14(8-11)18(27)30/h4-8,10,15,17H,1-3H3,(H2,27,30)(H,28,29,31)/t10-,15+,17-,20-/m1/s1. The lowest BCUT2D eigenvalue weighted by molar-refractivity contribution is -0.272. The Kier molecular flexibility index (Phi) is 5.98. The summed E-state index contributed by atoms with van der Waals surface area (Å²) in [6.45, 7) is 3.27. The van der Waals surface area contributed by atoms with Gasteiger partial charge in [0.1, 0.15) is 11.8 Å². The zero-order valence-corrected chi connectivity index (χ0v) is 17.3. The summed E-state index contributed by atoms with van der Waals surface area (Å²) in [5.41, 5.74) is 2.11. The monoisotopic (exact) mass is 457 g/mol. The van der Waals surface area contributed by atoms with Gasteiger partial charge in [-0.1, -0.05) is 13.0 Å². The third kappa shape index (κ3) is 3.92. The van der Waals surface area contributed by atoms with Gasteiger partial charge in [0.15, 0.2) is 17.2 Å². The van der Waals surface area contributed by atoms with E-state index in [4.69, 9.17) is 10.5 Å². The van der Waals surface area contributed by atoms with Crippen LogP contribution in [0.2, 0.25) is 0 Å². The molecule has 0 unspecified atom stereocenters. The molecule has 0 bridgehead atoms. The highest BCUT2D eigenvalue weighted by Gasteiger charge is 2.65. The number of hydrogen-bond donors (Lipinski definition) is 2. The van der Waals surface area contributed by atoms with Crippen molar-refractivity contribution >= 4 is 17.5 Å². The molecule has 1 fully saturated rings. The first kappa shape index (κ1) is 23.6. The van der Waals surface area contributed by atoms with Crippen LogP contribution in [0, 0.1) is 24.5 Å². The first-order valence-corrected chi connectivity index (χ1v) is 9.53. The van der Waals surface area contributed by atoms with Crippen molar-refractivity contribution in [3.05, 3.63) is 58.9 Å². The Bertz CT molecular complexity index is 1080. The fraction of sp³-hybridized carbons (Fsp3) is 0.381. The molecule has 2 amide bonds. The van der Waals surface area contributed by atoms with Gasteiger partial charge in [0.05, 0.1) is 0 Å². The SMILES string of the molecule is Cc1c([C@@H]2[C@@H](C)[C@](C)(C(F)(F)F)O[C@H]2C(=O)Nc2ccnc(C(N)=O)c2)ccc(F)c1F. The molecule has 2 heterocycles. The summed E-state index contributed by atoms with van der Waals surface area (Å²) < 4.78 is 74.7. The lowest BCUT2D eigenvalue weighted by atomic mass is 9.76. The fourth-order valence-corrected chi connectivity index (χ4v) is 3.91. The van der Waals surface area contributed by atoms with Crippen LogP contribution in [0.15, 0.2) is 30.5 Å². The summed E-state index contributed by atoms with van der Waals surface area (Å²) >= 11 is 0. The summed E-state index contributed by atoms with van der Waals surface area (Å²) in [6.07, 6.45) is -5.35. The highest BCUT2D eigenvalue weighted by Crippen LogP contribution is 2.54. The van der Waals surface area contributed by atoms with Crippen molar-refractivity contribution in [1.82, 2.24) is 4.98 Å². The van der Waals surface area contributed by atoms with Crippen molar-refractivity contribution in [2.45, 2.75) is 44.6 Å². The van der Waals surface area contributed by atoms with Crippen molar-refractivity contribution in [2.24, 2.45) is 11.7 Å². The van der Waals surface area contributed by atoms with Gasteiger partial charge in [-0.15, -0.1) is 0 Å². The van der Waals surface area contributed by atoms with Crippen molar-refractivity contribution in [3.63, 3.8) is 0 Å². The molecule has 1 aliphatic heterocycles. The van der Waals surface area contributed by atoms with E-state index < -0.39 is 53.2 Å². The number of benzene rings is 1. The van der Waals surface area contributed by atoms with Gasteiger partial charge in [-0.25, -0.2) is 8.78 Å². The Hall–Kier alpha value is -3.08. The van der Waals surface area contributed by atoms with E-state index in [0.29, 0.717) is 0 Å². The van der Waals surface area contributed by atoms with Crippen LogP contribution in [-0.4, -0.2) is 34.7 Å². The minimum Gasteiger partial charge on any atom is -0.364 e. The topological polar surface area (TPSA) is 94.3 Å². The smallest absolute Gasteiger partial charge is 0.364 e. The number of amides is 2. The first-order chi connectivity index (χ1) is 14.8. The van der Waals surface area contributed by atoms with E-state index >= 15 is 0 Å². The Balaban J connectivity index is 2.05. The van der Waals surface area contributed by atoms with Crippen LogP contribution in [0.3, 0.4) is 0 Å². The number of nitrogens with zero attached hydrogens (tertiary/aromatic N) is 1. The number of nitrogens with one attached hydrogen (secondary N) is 1. The van der Waals surface area contributed by atoms with E-state index in [1.807, 2.05) is 0 Å². The number of nitrogens with two attached hydrogens (primary N) is 1. The molecule has 6 nitrogen and oxygen atoms in total. The van der Waals surface area contributed by atoms with Gasteiger partial charge < -0.3 is 15.8 Å². The Morgan fingerprint density at radius 3 is 2.47 bits per heavy atom. The molecule has 1 aromatic carbocycles. The average Bonchev–Trinajstić information content (AvgIpc) is 2.99. The minimum absolute atomic E-state index is 0.0251. The molecule has 1 aromatic heterocycles. The third-order valence-corrected chi connectivity index (χ3v) is 5.95. The predicted molar refractivity (Wildman–Crippen MR) is 104 cm³/mol. The number of aromatic nitrogens is 1. The lowest BCUT2D eigenvalue weighted by Gasteiger charge is -2.32. The summed E-state index contributed by atoms with van der Waals surface area (Å²) in [4.78, 5) is 28.0. The molecular formula is C21H20F5N3O3. The molecule has 32 heavy (non-hydrogen) atoms. The Morgan fingerprint density at radius 2 is 1.88 bits per heavy atom. The number of pyridine rings is 1. The maximum Gasteiger partial charge on any atom is 0.417 e. The van der Waals surface area contributed by atoms with Gasteiger partial charge in [-0.05, 0) is 43.2 Å². The molecule has 3 rings (SSSR count). The van der Waals surface area contributed by atoms with Gasteiger partial charge >= 0.3 is 6.18 Å². The second-order valence-electron chi connectivity index (χ2n) is 7.82. The van der Waals surface area contributed by atoms with E-state index in [-0.39, 0.29) is 22.5 Å². The number of halogens is 5. The molecule has 1 aliphatic rings. The van der Waals surface area contributed by atoms with Crippen LogP contribution < -0.4 is 11.1 Å². The Labute approximate surface area is 180 Å². The number of rotatable bonds is 4. The molecule has 1 saturated heterocycles. The summed E-state index contributed by atoms with van der Waals surface area (Å²) in [7, 11) is 0. The second-order valence-corrected chi connectivity index (χ2v) is 7.82.